The van der Waals surface area contributed by atoms with E-state index in [0.717, 1.165) is 54.8 Å². The van der Waals surface area contributed by atoms with E-state index in [2.05, 4.69) is 40.7 Å². The van der Waals surface area contributed by atoms with Gasteiger partial charge in [0.05, 0.1) is 0 Å². The molecule has 176 valence electrons. The molecule has 0 saturated heterocycles. The monoisotopic (exact) mass is 430 g/mol. The smallest absolute Gasteiger partial charge is 0.450 e. The average Bonchev–Trinajstić information content (AvgIpc) is 3.05. The van der Waals surface area contributed by atoms with Gasteiger partial charge in [-0.25, -0.2) is 4.79 Å². The van der Waals surface area contributed by atoms with Crippen LogP contribution in [0.3, 0.4) is 0 Å². The molecule has 1 N–H and O–H groups in total. The molecule has 3 saturated carbocycles. The molecule has 4 rings (SSSR count). The van der Waals surface area contributed by atoms with E-state index >= 15 is 0 Å². The van der Waals surface area contributed by atoms with Crippen LogP contribution in [0.25, 0.3) is 0 Å². The van der Waals surface area contributed by atoms with Crippen molar-refractivity contribution in [2.45, 2.75) is 111 Å². The highest BCUT2D eigenvalue weighted by Gasteiger charge is 2.59. The van der Waals surface area contributed by atoms with Crippen LogP contribution in [0.5, 0.6) is 0 Å². The first kappa shape index (κ1) is 23.2. The highest BCUT2D eigenvalue weighted by atomic mass is 16.7. The normalized spacial score (nSPS) is 42.9. The van der Waals surface area contributed by atoms with E-state index in [1.165, 1.54) is 56.9 Å². The Kier molecular flexibility index (Phi) is 6.54. The fraction of sp³-hybridized carbons (Fsp3) is 0.893. The summed E-state index contributed by atoms with van der Waals surface area (Å²) in [4.78, 5) is 11.0. The van der Waals surface area contributed by atoms with Gasteiger partial charge in [-0.05, 0) is 91.3 Å². The van der Waals surface area contributed by atoms with E-state index in [-0.39, 0.29) is 11.5 Å². The second-order valence-corrected chi connectivity index (χ2v) is 12.5. The van der Waals surface area contributed by atoms with Crippen molar-refractivity contribution in [1.82, 2.24) is 0 Å². The first-order chi connectivity index (χ1) is 14.6. The Bertz CT molecular complexity index is 696. The minimum Gasteiger partial charge on any atom is -0.450 e. The summed E-state index contributed by atoms with van der Waals surface area (Å²) in [7, 11) is 0. The molecule has 3 fully saturated rings. The van der Waals surface area contributed by atoms with Gasteiger partial charge in [0.1, 0.15) is 6.10 Å². The number of carboxylic acid groups (broad SMARTS) is 1. The SMILES string of the molecule is CC(C)CCC[C@@H](C)[C@H]1CC[C@@H]2[C@@H]3CC=C4C[C@@H](OC(=O)O)CC[C@]4(C)[C@H]3CC[C@@]21C. The van der Waals surface area contributed by atoms with Gasteiger partial charge in [-0.1, -0.05) is 65.5 Å². The average molecular weight is 431 g/mol. The van der Waals surface area contributed by atoms with Crippen molar-refractivity contribution in [3.63, 3.8) is 0 Å². The molecule has 8 atom stereocenters. The topological polar surface area (TPSA) is 46.5 Å². The van der Waals surface area contributed by atoms with Crippen LogP contribution in [0, 0.1) is 46.3 Å². The summed E-state index contributed by atoms with van der Waals surface area (Å²) in [6, 6.07) is 0. The third kappa shape index (κ3) is 4.20. The third-order valence-electron chi connectivity index (χ3n) is 10.5. The van der Waals surface area contributed by atoms with Crippen molar-refractivity contribution >= 4 is 6.16 Å². The maximum absolute atomic E-state index is 11.0. The summed E-state index contributed by atoms with van der Waals surface area (Å²) in [6.45, 7) is 12.4. The summed E-state index contributed by atoms with van der Waals surface area (Å²) in [5, 5.41) is 9.05. The van der Waals surface area contributed by atoms with Crippen molar-refractivity contribution in [2.24, 2.45) is 46.3 Å². The third-order valence-corrected chi connectivity index (χ3v) is 10.5. The van der Waals surface area contributed by atoms with Crippen molar-refractivity contribution in [2.75, 3.05) is 0 Å². The van der Waals surface area contributed by atoms with Gasteiger partial charge in [0, 0.05) is 6.42 Å². The molecule has 0 bridgehead atoms. The molecule has 0 aromatic rings. The molecule has 31 heavy (non-hydrogen) atoms. The Balaban J connectivity index is 1.47. The van der Waals surface area contributed by atoms with Crippen LogP contribution >= 0.6 is 0 Å². The Morgan fingerprint density at radius 2 is 1.87 bits per heavy atom. The zero-order valence-electron chi connectivity index (χ0n) is 20.7. The predicted octanol–water partition coefficient (Wildman–Crippen LogP) is 8.09. The van der Waals surface area contributed by atoms with Crippen LogP contribution in [0.4, 0.5) is 4.79 Å². The number of hydrogen-bond donors (Lipinski definition) is 1. The molecule has 0 radical (unpaired) electrons. The number of ether oxygens (including phenoxy) is 1. The van der Waals surface area contributed by atoms with E-state index in [0.29, 0.717) is 5.41 Å². The Morgan fingerprint density at radius 3 is 2.58 bits per heavy atom. The van der Waals surface area contributed by atoms with Gasteiger partial charge in [-0.15, -0.1) is 0 Å². The molecular weight excluding hydrogens is 384 g/mol. The second-order valence-electron chi connectivity index (χ2n) is 12.5. The van der Waals surface area contributed by atoms with Crippen molar-refractivity contribution in [3.8, 4) is 0 Å². The number of carbonyl (C=O) groups is 1. The van der Waals surface area contributed by atoms with E-state index in [1.807, 2.05) is 0 Å². The van der Waals surface area contributed by atoms with Crippen LogP contribution in [-0.2, 0) is 4.74 Å². The van der Waals surface area contributed by atoms with Gasteiger partial charge in [0.15, 0.2) is 0 Å². The standard InChI is InChI=1S/C28H46O3/c1-18(2)7-6-8-19(3)23-11-12-24-22-10-9-20-17-21(31-26(29)30)13-15-27(20,4)25(22)14-16-28(23,24)5/h9,18-19,21-25H,6-8,10-17H2,1-5H3,(H,29,30)/t19-,21+,22+,23-,24-,25+,27+,28-/m1/s1. The van der Waals surface area contributed by atoms with Crippen LogP contribution in [0.1, 0.15) is 105 Å². The fourth-order valence-corrected chi connectivity index (χ4v) is 8.90. The largest absolute Gasteiger partial charge is 0.506 e. The Hall–Kier alpha value is -0.990. The molecule has 3 nitrogen and oxygen atoms in total. The summed E-state index contributed by atoms with van der Waals surface area (Å²) < 4.78 is 5.17. The number of fused-ring (bicyclic) bond motifs is 5. The number of hydrogen-bond acceptors (Lipinski definition) is 2. The number of rotatable bonds is 6. The van der Waals surface area contributed by atoms with Crippen molar-refractivity contribution in [3.05, 3.63) is 11.6 Å². The van der Waals surface area contributed by atoms with Gasteiger partial charge in [0.25, 0.3) is 0 Å². The van der Waals surface area contributed by atoms with Crippen molar-refractivity contribution < 1.29 is 14.6 Å². The molecule has 0 aromatic carbocycles. The summed E-state index contributed by atoms with van der Waals surface area (Å²) in [5.41, 5.74) is 2.30. The van der Waals surface area contributed by atoms with Crippen molar-refractivity contribution in [1.29, 1.82) is 0 Å². The first-order valence-electron chi connectivity index (χ1n) is 13.2. The zero-order valence-corrected chi connectivity index (χ0v) is 20.7. The molecule has 0 spiro atoms. The molecule has 3 heteroatoms. The summed E-state index contributed by atoms with van der Waals surface area (Å²) in [6.07, 6.45) is 15.1. The lowest BCUT2D eigenvalue weighted by Gasteiger charge is -2.58. The quantitative estimate of drug-likeness (QED) is 0.342. The second kappa shape index (κ2) is 8.75. The van der Waals surface area contributed by atoms with Crippen LogP contribution < -0.4 is 0 Å². The molecule has 4 aliphatic carbocycles. The van der Waals surface area contributed by atoms with Gasteiger partial charge < -0.3 is 9.84 Å². The van der Waals surface area contributed by atoms with Gasteiger partial charge in [-0.3, -0.25) is 0 Å². The van der Waals surface area contributed by atoms with Crippen LogP contribution in [0.15, 0.2) is 11.6 Å². The minimum absolute atomic E-state index is 0.134. The lowest BCUT2D eigenvalue weighted by Crippen LogP contribution is -2.51. The fourth-order valence-electron chi connectivity index (χ4n) is 8.90. The highest BCUT2D eigenvalue weighted by molar-refractivity contribution is 5.57. The molecule has 0 heterocycles. The Labute approximate surface area is 190 Å². The molecule has 4 aliphatic rings. The van der Waals surface area contributed by atoms with Gasteiger partial charge in [0.2, 0.25) is 0 Å². The van der Waals surface area contributed by atoms with E-state index < -0.39 is 6.16 Å². The van der Waals surface area contributed by atoms with Crippen LogP contribution in [0.2, 0.25) is 0 Å². The maximum Gasteiger partial charge on any atom is 0.506 e. The van der Waals surface area contributed by atoms with E-state index in [1.54, 1.807) is 0 Å². The molecule has 0 aliphatic heterocycles. The van der Waals surface area contributed by atoms with E-state index in [4.69, 9.17) is 9.84 Å². The lowest BCUT2D eigenvalue weighted by atomic mass is 9.47. The lowest BCUT2D eigenvalue weighted by molar-refractivity contribution is -0.0601. The summed E-state index contributed by atoms with van der Waals surface area (Å²) in [5.74, 6) is 5.09. The van der Waals surface area contributed by atoms with Gasteiger partial charge >= 0.3 is 6.16 Å². The zero-order chi connectivity index (χ0) is 22.4. The van der Waals surface area contributed by atoms with Gasteiger partial charge in [-0.2, -0.15) is 0 Å². The molecule has 0 amide bonds. The minimum atomic E-state index is -1.11. The molecule has 0 aromatic heterocycles. The first-order valence-corrected chi connectivity index (χ1v) is 13.2. The van der Waals surface area contributed by atoms with Crippen LogP contribution in [-0.4, -0.2) is 17.4 Å². The molecular formula is C28H46O3. The Morgan fingerprint density at radius 1 is 1.10 bits per heavy atom. The highest BCUT2D eigenvalue weighted by Crippen LogP contribution is 2.67. The maximum atomic E-state index is 11.0. The van der Waals surface area contributed by atoms with E-state index in [9.17, 15) is 4.79 Å². The predicted molar refractivity (Wildman–Crippen MR) is 126 cm³/mol. The summed E-state index contributed by atoms with van der Waals surface area (Å²) >= 11 is 0. The number of allylic oxidation sites excluding steroid dienone is 1. The molecule has 0 unspecified atom stereocenters.